The third kappa shape index (κ3) is 3.72. The van der Waals surface area contributed by atoms with Crippen molar-refractivity contribution in [1.29, 1.82) is 0 Å². The standard InChI is InChI=1S/C20H23N5/c1-2-4-16(5-3-1)15-25(19-10-12-21-13-11-19)18-8-6-17(7-9-18)20-14-22-24-23-20/h1-9,14,19,21H,10-13,15H2,(H,22,23,24). The van der Waals surface area contributed by atoms with Crippen molar-refractivity contribution < 1.29 is 0 Å². The molecule has 3 aromatic rings. The summed E-state index contributed by atoms with van der Waals surface area (Å²) < 4.78 is 0. The van der Waals surface area contributed by atoms with E-state index < -0.39 is 0 Å². The van der Waals surface area contributed by atoms with Crippen molar-refractivity contribution in [3.8, 4) is 11.3 Å². The van der Waals surface area contributed by atoms with Crippen LogP contribution >= 0.6 is 0 Å². The van der Waals surface area contributed by atoms with Crippen LogP contribution in [0.15, 0.2) is 60.8 Å². The van der Waals surface area contributed by atoms with Crippen LogP contribution in [0.25, 0.3) is 11.3 Å². The van der Waals surface area contributed by atoms with Crippen LogP contribution in [-0.2, 0) is 6.54 Å². The number of nitrogens with one attached hydrogen (secondary N) is 2. The highest BCUT2D eigenvalue weighted by Crippen LogP contribution is 2.27. The molecule has 2 heterocycles. The van der Waals surface area contributed by atoms with Crippen LogP contribution < -0.4 is 10.2 Å². The molecular weight excluding hydrogens is 310 g/mol. The van der Waals surface area contributed by atoms with E-state index in [9.17, 15) is 0 Å². The van der Waals surface area contributed by atoms with E-state index in [0.717, 1.165) is 30.9 Å². The Morgan fingerprint density at radius 1 is 0.960 bits per heavy atom. The smallest absolute Gasteiger partial charge is 0.112 e. The number of benzene rings is 2. The molecule has 0 aliphatic carbocycles. The Morgan fingerprint density at radius 2 is 1.72 bits per heavy atom. The number of rotatable bonds is 5. The largest absolute Gasteiger partial charge is 0.364 e. The lowest BCUT2D eigenvalue weighted by Gasteiger charge is -2.36. The second kappa shape index (κ2) is 7.49. The van der Waals surface area contributed by atoms with E-state index in [1.807, 2.05) is 0 Å². The van der Waals surface area contributed by atoms with Gasteiger partial charge < -0.3 is 10.2 Å². The maximum atomic E-state index is 4.16. The molecule has 1 aliphatic heterocycles. The molecule has 5 nitrogen and oxygen atoms in total. The van der Waals surface area contributed by atoms with Crippen molar-refractivity contribution in [2.75, 3.05) is 18.0 Å². The summed E-state index contributed by atoms with van der Waals surface area (Å²) in [7, 11) is 0. The molecular formula is C20H23N5. The van der Waals surface area contributed by atoms with Gasteiger partial charge in [-0.3, -0.25) is 0 Å². The van der Waals surface area contributed by atoms with Crippen LogP contribution in [-0.4, -0.2) is 34.5 Å². The predicted octanol–water partition coefficient (Wildman–Crippen LogP) is 3.23. The zero-order valence-electron chi connectivity index (χ0n) is 14.2. The molecule has 0 amide bonds. The lowest BCUT2D eigenvalue weighted by Crippen LogP contribution is -2.43. The number of H-pyrrole nitrogens is 1. The Labute approximate surface area is 148 Å². The van der Waals surface area contributed by atoms with Gasteiger partial charge >= 0.3 is 0 Å². The maximum absolute atomic E-state index is 4.16. The van der Waals surface area contributed by atoms with Gasteiger partial charge in [0.05, 0.1) is 6.20 Å². The molecule has 0 radical (unpaired) electrons. The molecule has 1 aliphatic rings. The lowest BCUT2D eigenvalue weighted by molar-refractivity contribution is 0.428. The summed E-state index contributed by atoms with van der Waals surface area (Å²) in [4.78, 5) is 2.54. The van der Waals surface area contributed by atoms with Crippen molar-refractivity contribution >= 4 is 5.69 Å². The number of aromatic amines is 1. The topological polar surface area (TPSA) is 56.8 Å². The van der Waals surface area contributed by atoms with Crippen LogP contribution in [0.4, 0.5) is 5.69 Å². The molecule has 0 bridgehead atoms. The highest BCUT2D eigenvalue weighted by atomic mass is 15.3. The monoisotopic (exact) mass is 333 g/mol. The van der Waals surface area contributed by atoms with Gasteiger partial charge in [0.2, 0.25) is 0 Å². The van der Waals surface area contributed by atoms with E-state index in [4.69, 9.17) is 0 Å². The van der Waals surface area contributed by atoms with Crippen LogP contribution in [0.3, 0.4) is 0 Å². The third-order valence-electron chi connectivity index (χ3n) is 4.85. The van der Waals surface area contributed by atoms with E-state index in [1.54, 1.807) is 6.20 Å². The van der Waals surface area contributed by atoms with E-state index >= 15 is 0 Å². The van der Waals surface area contributed by atoms with E-state index in [2.05, 4.69) is 80.2 Å². The van der Waals surface area contributed by atoms with Gasteiger partial charge in [0.25, 0.3) is 0 Å². The average Bonchev–Trinajstić information content (AvgIpc) is 3.23. The molecule has 5 heteroatoms. The third-order valence-corrected chi connectivity index (χ3v) is 4.85. The zero-order chi connectivity index (χ0) is 16.9. The number of nitrogens with zero attached hydrogens (tertiary/aromatic N) is 3. The molecule has 0 atom stereocenters. The summed E-state index contributed by atoms with van der Waals surface area (Å²) in [6.45, 7) is 3.12. The maximum Gasteiger partial charge on any atom is 0.112 e. The van der Waals surface area contributed by atoms with Crippen molar-refractivity contribution in [3.05, 3.63) is 66.4 Å². The molecule has 128 valence electrons. The summed E-state index contributed by atoms with van der Waals surface area (Å²) in [6, 6.07) is 20.0. The first kappa shape index (κ1) is 15.8. The van der Waals surface area contributed by atoms with Crippen LogP contribution in [0.1, 0.15) is 18.4 Å². The molecule has 2 N–H and O–H groups in total. The molecule has 0 saturated carbocycles. The van der Waals surface area contributed by atoms with Gasteiger partial charge in [-0.2, -0.15) is 15.4 Å². The quantitative estimate of drug-likeness (QED) is 0.753. The lowest BCUT2D eigenvalue weighted by atomic mass is 10.0. The molecule has 2 aromatic carbocycles. The first-order valence-electron chi connectivity index (χ1n) is 8.87. The normalized spacial score (nSPS) is 15.2. The Kier molecular flexibility index (Phi) is 4.74. The summed E-state index contributed by atoms with van der Waals surface area (Å²) in [5, 5.41) is 14.2. The van der Waals surface area contributed by atoms with Crippen molar-refractivity contribution in [1.82, 2.24) is 20.7 Å². The van der Waals surface area contributed by atoms with Crippen molar-refractivity contribution in [3.63, 3.8) is 0 Å². The number of piperidine rings is 1. The van der Waals surface area contributed by atoms with Crippen molar-refractivity contribution in [2.45, 2.75) is 25.4 Å². The molecule has 4 rings (SSSR count). The molecule has 0 spiro atoms. The van der Waals surface area contributed by atoms with Gasteiger partial charge in [-0.1, -0.05) is 42.5 Å². The molecule has 1 fully saturated rings. The van der Waals surface area contributed by atoms with Gasteiger partial charge in [0.15, 0.2) is 0 Å². The van der Waals surface area contributed by atoms with Gasteiger partial charge in [0.1, 0.15) is 5.69 Å². The minimum absolute atomic E-state index is 0.569. The second-order valence-electron chi connectivity index (χ2n) is 6.50. The van der Waals surface area contributed by atoms with Crippen LogP contribution in [0.2, 0.25) is 0 Å². The number of hydrogen-bond acceptors (Lipinski definition) is 4. The minimum atomic E-state index is 0.569. The van der Waals surface area contributed by atoms with Gasteiger partial charge in [-0.25, -0.2) is 0 Å². The zero-order valence-corrected chi connectivity index (χ0v) is 14.2. The molecule has 1 aromatic heterocycles. The Bertz CT molecular complexity index is 762. The van der Waals surface area contributed by atoms with E-state index in [1.165, 1.54) is 24.1 Å². The predicted molar refractivity (Wildman–Crippen MR) is 100 cm³/mol. The Morgan fingerprint density at radius 3 is 2.40 bits per heavy atom. The Balaban J connectivity index is 1.60. The van der Waals surface area contributed by atoms with Gasteiger partial charge in [-0.05, 0) is 43.6 Å². The van der Waals surface area contributed by atoms with Crippen LogP contribution in [0, 0.1) is 0 Å². The second-order valence-corrected chi connectivity index (χ2v) is 6.50. The van der Waals surface area contributed by atoms with Gasteiger partial charge in [0, 0.05) is 23.8 Å². The molecule has 0 unspecified atom stereocenters. The number of aromatic nitrogens is 3. The fourth-order valence-electron chi connectivity index (χ4n) is 3.49. The van der Waals surface area contributed by atoms with E-state index in [0.29, 0.717) is 6.04 Å². The molecule has 1 saturated heterocycles. The number of hydrogen-bond donors (Lipinski definition) is 2. The fourth-order valence-corrected chi connectivity index (χ4v) is 3.49. The van der Waals surface area contributed by atoms with Gasteiger partial charge in [-0.15, -0.1) is 0 Å². The number of anilines is 1. The van der Waals surface area contributed by atoms with E-state index in [-0.39, 0.29) is 0 Å². The summed E-state index contributed by atoms with van der Waals surface area (Å²) in [5.41, 5.74) is 4.58. The minimum Gasteiger partial charge on any atom is -0.364 e. The summed E-state index contributed by atoms with van der Waals surface area (Å²) in [6.07, 6.45) is 4.11. The van der Waals surface area contributed by atoms with Crippen LogP contribution in [0.5, 0.6) is 0 Å². The average molecular weight is 333 g/mol. The Hall–Kier alpha value is -2.66. The summed E-state index contributed by atoms with van der Waals surface area (Å²) >= 11 is 0. The highest BCUT2D eigenvalue weighted by molar-refractivity contribution is 5.62. The highest BCUT2D eigenvalue weighted by Gasteiger charge is 2.21. The summed E-state index contributed by atoms with van der Waals surface area (Å²) in [5.74, 6) is 0. The fraction of sp³-hybridized carbons (Fsp3) is 0.300. The SMILES string of the molecule is c1ccc(CN(c2ccc(-c3cn[nH]n3)cc2)C2CCNCC2)cc1. The first-order chi connectivity index (χ1) is 12.4. The van der Waals surface area contributed by atoms with Crippen molar-refractivity contribution in [2.24, 2.45) is 0 Å². The molecule has 25 heavy (non-hydrogen) atoms. The first-order valence-corrected chi connectivity index (χ1v) is 8.87.